The third kappa shape index (κ3) is 4.70. The molecule has 4 heteroatoms. The lowest BCUT2D eigenvalue weighted by Crippen LogP contribution is -2.00. The second kappa shape index (κ2) is 5.68. The summed E-state index contributed by atoms with van der Waals surface area (Å²) in [6.07, 6.45) is 4.79. The number of aliphatic imine (C=N–C) groups is 1. The number of nitrogens with zero attached hydrogens (tertiary/aromatic N) is 1. The highest BCUT2D eigenvalue weighted by Crippen LogP contribution is 1.82. The molecule has 0 radical (unpaired) electrons. The van der Waals surface area contributed by atoms with Crippen molar-refractivity contribution in [2.75, 3.05) is 6.54 Å². The monoisotopic (exact) mass is 141 g/mol. The number of carbonyl (C=O) groups is 2. The lowest BCUT2D eigenvalue weighted by molar-refractivity contribution is -0.122. The largest absolute Gasteiger partial charge is 0.483 e. The van der Waals surface area contributed by atoms with Gasteiger partial charge in [-0.05, 0) is 12.2 Å². The van der Waals surface area contributed by atoms with Crippen molar-refractivity contribution in [3.8, 4) is 0 Å². The van der Waals surface area contributed by atoms with E-state index in [9.17, 15) is 4.79 Å². The average molecular weight is 141 g/mol. The number of hydrogen-bond donors (Lipinski definition) is 1. The Morgan fingerprint density at radius 2 is 2.30 bits per heavy atom. The fourth-order valence-corrected chi connectivity index (χ4v) is 0.407. The average Bonchev–Trinajstić information content (AvgIpc) is 1.91. The van der Waals surface area contributed by atoms with Crippen molar-refractivity contribution >= 4 is 18.5 Å². The van der Waals surface area contributed by atoms with Gasteiger partial charge in [-0.1, -0.05) is 0 Å². The Bertz CT molecular complexity index is 172. The standard InChI is InChI=1S/C5H5NO.CH2O2/c7-5-2-1-3-6-4-5;2-1-3/h1-3H,4H2;1H,(H,2,3). The van der Waals surface area contributed by atoms with Crippen LogP contribution < -0.4 is 0 Å². The van der Waals surface area contributed by atoms with Crippen LogP contribution in [0.3, 0.4) is 0 Å². The van der Waals surface area contributed by atoms with E-state index in [4.69, 9.17) is 9.90 Å². The van der Waals surface area contributed by atoms with Gasteiger partial charge in [-0.25, -0.2) is 0 Å². The van der Waals surface area contributed by atoms with Crippen LogP contribution in [0.4, 0.5) is 0 Å². The second-order valence-corrected chi connectivity index (χ2v) is 1.42. The molecule has 0 bridgehead atoms. The van der Waals surface area contributed by atoms with Gasteiger partial charge in [-0.3, -0.25) is 14.6 Å². The lowest BCUT2D eigenvalue weighted by atomic mass is 10.3. The summed E-state index contributed by atoms with van der Waals surface area (Å²) < 4.78 is 0. The Labute approximate surface area is 57.9 Å². The highest BCUT2D eigenvalue weighted by molar-refractivity contribution is 5.98. The van der Waals surface area contributed by atoms with Crippen LogP contribution in [0, 0.1) is 0 Å². The molecule has 0 unspecified atom stereocenters. The summed E-state index contributed by atoms with van der Waals surface area (Å²) >= 11 is 0. The van der Waals surface area contributed by atoms with Crippen molar-refractivity contribution in [1.29, 1.82) is 0 Å². The van der Waals surface area contributed by atoms with E-state index in [2.05, 4.69) is 4.99 Å². The van der Waals surface area contributed by atoms with Crippen LogP contribution in [0.2, 0.25) is 0 Å². The molecule has 0 aromatic carbocycles. The van der Waals surface area contributed by atoms with Crippen molar-refractivity contribution in [3.63, 3.8) is 0 Å². The molecule has 0 saturated heterocycles. The van der Waals surface area contributed by atoms with Gasteiger partial charge >= 0.3 is 0 Å². The quantitative estimate of drug-likeness (QED) is 0.479. The highest BCUT2D eigenvalue weighted by atomic mass is 16.3. The number of hydrogen-bond acceptors (Lipinski definition) is 3. The molecular formula is C6H7NO3. The van der Waals surface area contributed by atoms with Gasteiger partial charge in [-0.15, -0.1) is 0 Å². The third-order valence-corrected chi connectivity index (χ3v) is 0.721. The van der Waals surface area contributed by atoms with E-state index < -0.39 is 0 Å². The van der Waals surface area contributed by atoms with E-state index in [0.29, 0.717) is 6.54 Å². The minimum Gasteiger partial charge on any atom is -0.483 e. The summed E-state index contributed by atoms with van der Waals surface area (Å²) in [4.78, 5) is 22.3. The summed E-state index contributed by atoms with van der Waals surface area (Å²) in [6.45, 7) is 0.0799. The fraction of sp³-hybridized carbons (Fsp3) is 0.167. The molecule has 10 heavy (non-hydrogen) atoms. The number of carbonyl (C=O) groups excluding carboxylic acids is 1. The van der Waals surface area contributed by atoms with Crippen LogP contribution in [0.5, 0.6) is 0 Å². The van der Waals surface area contributed by atoms with E-state index in [0.717, 1.165) is 0 Å². The van der Waals surface area contributed by atoms with Gasteiger partial charge < -0.3 is 5.11 Å². The minimum absolute atomic E-state index is 0.0856. The first-order valence-corrected chi connectivity index (χ1v) is 2.58. The van der Waals surface area contributed by atoms with Crippen molar-refractivity contribution in [3.05, 3.63) is 12.2 Å². The van der Waals surface area contributed by atoms with Crippen molar-refractivity contribution in [2.24, 2.45) is 4.99 Å². The maximum atomic E-state index is 10.3. The van der Waals surface area contributed by atoms with Gasteiger partial charge in [0.15, 0.2) is 5.78 Å². The normalized spacial score (nSPS) is 13.8. The topological polar surface area (TPSA) is 66.7 Å². The fourth-order valence-electron chi connectivity index (χ4n) is 0.407. The molecule has 0 spiro atoms. The maximum Gasteiger partial charge on any atom is 0.290 e. The Morgan fingerprint density at radius 1 is 1.70 bits per heavy atom. The first-order chi connectivity index (χ1) is 4.81. The van der Waals surface area contributed by atoms with Crippen molar-refractivity contribution in [2.45, 2.75) is 0 Å². The van der Waals surface area contributed by atoms with Gasteiger partial charge in [0.05, 0.1) is 0 Å². The first-order valence-electron chi connectivity index (χ1n) is 2.58. The van der Waals surface area contributed by atoms with E-state index >= 15 is 0 Å². The maximum absolute atomic E-state index is 10.3. The first kappa shape index (κ1) is 8.55. The number of dihydropyridines is 1. The van der Waals surface area contributed by atoms with Gasteiger partial charge in [0.1, 0.15) is 6.54 Å². The summed E-state index contributed by atoms with van der Waals surface area (Å²) in [7, 11) is 0. The Hall–Kier alpha value is -1.45. The molecule has 0 aromatic heterocycles. The number of ketones is 1. The molecule has 0 aliphatic carbocycles. The number of rotatable bonds is 0. The lowest BCUT2D eigenvalue weighted by Gasteiger charge is -1.88. The van der Waals surface area contributed by atoms with Gasteiger partial charge in [0.2, 0.25) is 0 Å². The second-order valence-electron chi connectivity index (χ2n) is 1.42. The van der Waals surface area contributed by atoms with E-state index in [1.54, 1.807) is 12.3 Å². The molecule has 1 aliphatic rings. The molecular weight excluding hydrogens is 134 g/mol. The van der Waals surface area contributed by atoms with Crippen molar-refractivity contribution < 1.29 is 14.7 Å². The zero-order chi connectivity index (χ0) is 7.82. The van der Waals surface area contributed by atoms with Crippen molar-refractivity contribution in [1.82, 2.24) is 0 Å². The predicted molar refractivity (Wildman–Crippen MR) is 36.2 cm³/mol. The van der Waals surface area contributed by atoms with E-state index in [1.165, 1.54) is 6.08 Å². The molecule has 0 aromatic rings. The molecule has 1 aliphatic heterocycles. The summed E-state index contributed by atoms with van der Waals surface area (Å²) in [5, 5.41) is 6.89. The molecule has 0 saturated carbocycles. The van der Waals surface area contributed by atoms with Crippen LogP contribution in [0.15, 0.2) is 17.1 Å². The SMILES string of the molecule is O=C1C=CC=NC1.O=CO. The van der Waals surface area contributed by atoms with E-state index in [-0.39, 0.29) is 12.3 Å². The zero-order valence-electron chi connectivity index (χ0n) is 5.23. The molecule has 1 heterocycles. The van der Waals surface area contributed by atoms with Gasteiger partial charge in [0, 0.05) is 6.21 Å². The zero-order valence-corrected chi connectivity index (χ0v) is 5.23. The Balaban J connectivity index is 0.000000236. The van der Waals surface area contributed by atoms with Crippen LogP contribution in [-0.4, -0.2) is 30.1 Å². The van der Waals surface area contributed by atoms with Crippen LogP contribution in [0.1, 0.15) is 0 Å². The predicted octanol–water partition coefficient (Wildman–Crippen LogP) is -0.103. The Kier molecular flexibility index (Phi) is 4.86. The van der Waals surface area contributed by atoms with Crippen LogP contribution >= 0.6 is 0 Å². The number of allylic oxidation sites excluding steroid dienone is 1. The number of carboxylic acid groups (broad SMARTS) is 1. The smallest absolute Gasteiger partial charge is 0.290 e. The van der Waals surface area contributed by atoms with Gasteiger partial charge in [0.25, 0.3) is 6.47 Å². The van der Waals surface area contributed by atoms with Crippen LogP contribution in [0.25, 0.3) is 0 Å². The molecule has 4 nitrogen and oxygen atoms in total. The minimum atomic E-state index is -0.250. The summed E-state index contributed by atoms with van der Waals surface area (Å²) in [6, 6.07) is 0. The van der Waals surface area contributed by atoms with Gasteiger partial charge in [-0.2, -0.15) is 0 Å². The molecule has 1 rings (SSSR count). The molecule has 0 fully saturated rings. The third-order valence-electron chi connectivity index (χ3n) is 0.721. The molecule has 0 amide bonds. The molecule has 1 N–H and O–H groups in total. The van der Waals surface area contributed by atoms with E-state index in [1.807, 2.05) is 0 Å². The molecule has 0 atom stereocenters. The Morgan fingerprint density at radius 3 is 2.50 bits per heavy atom. The van der Waals surface area contributed by atoms with Crippen LogP contribution in [-0.2, 0) is 9.59 Å². The summed E-state index contributed by atoms with van der Waals surface area (Å²) in [5.41, 5.74) is 0. The summed E-state index contributed by atoms with van der Waals surface area (Å²) in [5.74, 6) is 0.0856. The molecule has 54 valence electrons. The highest BCUT2D eigenvalue weighted by Gasteiger charge is 1.93.